The Morgan fingerprint density at radius 2 is 2.06 bits per heavy atom. The lowest BCUT2D eigenvalue weighted by atomic mass is 9.98. The predicted molar refractivity (Wildman–Crippen MR) is 113 cm³/mol. The minimum absolute atomic E-state index is 0.231. The van der Waals surface area contributed by atoms with Crippen LogP contribution in [0.2, 0.25) is 0 Å². The van der Waals surface area contributed by atoms with E-state index in [1.165, 1.54) is 6.20 Å². The van der Waals surface area contributed by atoms with Crippen LogP contribution in [-0.4, -0.2) is 27.6 Å². The number of carbonyl (C=O) groups excluding carboxylic acids is 3. The van der Waals surface area contributed by atoms with Crippen LogP contribution >= 0.6 is 0 Å². The summed E-state index contributed by atoms with van der Waals surface area (Å²) in [6, 6.07) is 8.94. The molecule has 0 radical (unpaired) electrons. The van der Waals surface area contributed by atoms with Crippen molar-refractivity contribution >= 4 is 45.7 Å². The lowest BCUT2D eigenvalue weighted by Gasteiger charge is -2.11. The number of nitrogens with two attached hydrogens (primary N) is 1. The molecule has 2 aromatic heterocycles. The van der Waals surface area contributed by atoms with Gasteiger partial charge in [0.15, 0.2) is 0 Å². The van der Waals surface area contributed by atoms with E-state index in [2.05, 4.69) is 26.7 Å². The summed E-state index contributed by atoms with van der Waals surface area (Å²) >= 11 is 0. The fourth-order valence-corrected chi connectivity index (χ4v) is 3.80. The number of nitrogen functional groups attached to an aromatic ring is 1. The zero-order valence-corrected chi connectivity index (χ0v) is 16.4. The van der Waals surface area contributed by atoms with Gasteiger partial charge in [-0.25, -0.2) is 9.97 Å². The number of rotatable bonds is 3. The van der Waals surface area contributed by atoms with Gasteiger partial charge >= 0.3 is 0 Å². The summed E-state index contributed by atoms with van der Waals surface area (Å²) in [5.74, 6) is -1.40. The van der Waals surface area contributed by atoms with Gasteiger partial charge in [0.05, 0.1) is 34.8 Å². The highest BCUT2D eigenvalue weighted by Gasteiger charge is 2.43. The monoisotopic (exact) mass is 412 g/mol. The Hall–Kier alpha value is -4.32. The van der Waals surface area contributed by atoms with E-state index in [0.29, 0.717) is 45.5 Å². The quantitative estimate of drug-likeness (QED) is 0.559. The molecule has 0 spiro atoms. The highest BCUT2D eigenvalue weighted by molar-refractivity contribution is 6.51. The first-order chi connectivity index (χ1) is 14.9. The second-order valence-corrected chi connectivity index (χ2v) is 7.75. The number of ketones is 1. The Kier molecular flexibility index (Phi) is 3.98. The molecule has 3 aromatic rings. The molecule has 1 aliphatic carbocycles. The number of hydrogen-bond donors (Lipinski definition) is 3. The number of pyridine rings is 2. The van der Waals surface area contributed by atoms with Gasteiger partial charge in [-0.15, -0.1) is 0 Å². The number of nitrogens with zero attached hydrogens (tertiary/aromatic N) is 3. The van der Waals surface area contributed by atoms with Gasteiger partial charge in [-0.1, -0.05) is 0 Å². The average molecular weight is 412 g/mol. The van der Waals surface area contributed by atoms with Crippen LogP contribution in [0.25, 0.3) is 22.0 Å². The van der Waals surface area contributed by atoms with E-state index in [1.807, 2.05) is 6.92 Å². The van der Waals surface area contributed by atoms with E-state index < -0.39 is 11.7 Å². The Labute approximate surface area is 176 Å². The van der Waals surface area contributed by atoms with E-state index in [9.17, 15) is 14.4 Å². The van der Waals surface area contributed by atoms with Crippen LogP contribution in [0.3, 0.4) is 0 Å². The summed E-state index contributed by atoms with van der Waals surface area (Å²) in [6.07, 6.45) is 2.10. The Morgan fingerprint density at radius 3 is 2.81 bits per heavy atom. The molecule has 9 heteroatoms. The van der Waals surface area contributed by atoms with Crippen molar-refractivity contribution in [2.45, 2.75) is 13.3 Å². The molecule has 0 bridgehead atoms. The second kappa shape index (κ2) is 6.60. The van der Waals surface area contributed by atoms with Crippen molar-refractivity contribution in [2.75, 3.05) is 16.4 Å². The number of carbonyl (C=O) groups is 3. The van der Waals surface area contributed by atoms with E-state index in [-0.39, 0.29) is 23.6 Å². The molecule has 2 aliphatic rings. The van der Waals surface area contributed by atoms with E-state index >= 15 is 0 Å². The molecular weight excluding hydrogens is 396 g/mol. The zero-order chi connectivity index (χ0) is 21.9. The van der Waals surface area contributed by atoms with Crippen LogP contribution in [0.4, 0.5) is 17.3 Å². The third-order valence-electron chi connectivity index (χ3n) is 5.63. The fraction of sp³-hybridized carbons (Fsp3) is 0.182. The number of aryl methyl sites for hydroxylation is 1. The average Bonchev–Trinajstić information content (AvgIpc) is 3.48. The van der Waals surface area contributed by atoms with Crippen LogP contribution in [0, 0.1) is 30.1 Å². The normalized spacial score (nSPS) is 19.0. The van der Waals surface area contributed by atoms with Gasteiger partial charge in [0.1, 0.15) is 11.6 Å². The van der Waals surface area contributed by atoms with Crippen molar-refractivity contribution in [2.24, 2.45) is 11.8 Å². The van der Waals surface area contributed by atoms with Gasteiger partial charge in [0.25, 0.3) is 11.7 Å². The van der Waals surface area contributed by atoms with Crippen molar-refractivity contribution in [1.82, 2.24) is 9.97 Å². The molecule has 5 rings (SSSR count). The Balaban J connectivity index is 1.54. The van der Waals surface area contributed by atoms with E-state index in [1.54, 1.807) is 24.3 Å². The maximum atomic E-state index is 12.2. The molecule has 4 N–H and O–H groups in total. The van der Waals surface area contributed by atoms with Crippen molar-refractivity contribution < 1.29 is 14.4 Å². The van der Waals surface area contributed by atoms with Crippen molar-refractivity contribution in [3.05, 3.63) is 41.6 Å². The van der Waals surface area contributed by atoms with E-state index in [0.717, 1.165) is 5.56 Å². The van der Waals surface area contributed by atoms with Crippen LogP contribution in [0.5, 0.6) is 0 Å². The summed E-state index contributed by atoms with van der Waals surface area (Å²) in [5.41, 5.74) is 8.95. The highest BCUT2D eigenvalue weighted by atomic mass is 16.2. The number of Topliss-reactive ketones (excluding diaryl/α,β-unsaturated/α-hetero) is 1. The lowest BCUT2D eigenvalue weighted by molar-refractivity contribution is -0.117. The molecule has 1 aromatic carbocycles. The second-order valence-electron chi connectivity index (χ2n) is 7.75. The van der Waals surface area contributed by atoms with Gasteiger partial charge in [-0.05, 0) is 48.6 Å². The van der Waals surface area contributed by atoms with Crippen molar-refractivity contribution in [3.63, 3.8) is 0 Å². The standard InChI is InChI=1S/C22H16N6O3/c1-9-2-16-14(19(29)22(31)27-16)6-12(9)17-4-10-5-18(25-8-15(10)20(24)26-17)28-21(30)13-3-11(13)7-23/h2,4-6,8,11,13H,3H2,1H3,(H2,24,26)(H,25,28,30)(H,27,29,31)/t11?,13-/m0/s1. The number of nitriles is 1. The van der Waals surface area contributed by atoms with Gasteiger partial charge in [0.2, 0.25) is 5.91 Å². The first-order valence-electron chi connectivity index (χ1n) is 9.63. The number of fused-ring (bicyclic) bond motifs is 2. The molecule has 1 aliphatic heterocycles. The minimum Gasteiger partial charge on any atom is -0.383 e. The molecule has 9 nitrogen and oxygen atoms in total. The molecule has 2 atom stereocenters. The van der Waals surface area contributed by atoms with Gasteiger partial charge in [0, 0.05) is 17.1 Å². The SMILES string of the molecule is Cc1cc2c(cc1-c1cc3cc(NC(=O)[C@H]4CC4C#N)ncc3c(N)n1)C(=O)C(=O)N2. The third-order valence-corrected chi connectivity index (χ3v) is 5.63. The van der Waals surface area contributed by atoms with Gasteiger partial charge in [-0.3, -0.25) is 14.4 Å². The fourth-order valence-electron chi connectivity index (χ4n) is 3.80. The molecular formula is C22H16N6O3. The first kappa shape index (κ1) is 18.7. The molecule has 1 unspecified atom stereocenters. The smallest absolute Gasteiger partial charge is 0.296 e. The van der Waals surface area contributed by atoms with Crippen molar-refractivity contribution in [3.8, 4) is 17.3 Å². The number of nitrogens with one attached hydrogen (secondary N) is 2. The maximum Gasteiger partial charge on any atom is 0.296 e. The van der Waals surface area contributed by atoms with Crippen LogP contribution < -0.4 is 16.4 Å². The Morgan fingerprint density at radius 1 is 1.26 bits per heavy atom. The number of anilines is 3. The van der Waals surface area contributed by atoms with Crippen molar-refractivity contribution in [1.29, 1.82) is 5.26 Å². The third kappa shape index (κ3) is 3.05. The molecule has 1 saturated carbocycles. The number of hydrogen-bond acceptors (Lipinski definition) is 7. The first-order valence-corrected chi connectivity index (χ1v) is 9.63. The topological polar surface area (TPSA) is 151 Å². The summed E-state index contributed by atoms with van der Waals surface area (Å²) in [6.45, 7) is 1.85. The number of benzene rings is 1. The number of amides is 2. The van der Waals surface area contributed by atoms with Crippen LogP contribution in [0.15, 0.2) is 30.5 Å². The van der Waals surface area contributed by atoms with Crippen LogP contribution in [0.1, 0.15) is 22.3 Å². The Bertz CT molecular complexity index is 1370. The van der Waals surface area contributed by atoms with Crippen LogP contribution in [-0.2, 0) is 9.59 Å². The van der Waals surface area contributed by atoms with E-state index in [4.69, 9.17) is 11.0 Å². The van der Waals surface area contributed by atoms with Gasteiger partial charge in [-0.2, -0.15) is 5.26 Å². The summed E-state index contributed by atoms with van der Waals surface area (Å²) in [7, 11) is 0. The molecule has 3 heterocycles. The molecule has 2 amide bonds. The highest BCUT2D eigenvalue weighted by Crippen LogP contribution is 2.39. The number of aromatic nitrogens is 2. The van der Waals surface area contributed by atoms with Gasteiger partial charge < -0.3 is 16.4 Å². The molecule has 152 valence electrons. The molecule has 31 heavy (non-hydrogen) atoms. The molecule has 1 fully saturated rings. The summed E-state index contributed by atoms with van der Waals surface area (Å²) in [4.78, 5) is 44.7. The summed E-state index contributed by atoms with van der Waals surface area (Å²) < 4.78 is 0. The maximum absolute atomic E-state index is 12.2. The lowest BCUT2D eigenvalue weighted by Crippen LogP contribution is -2.15. The summed E-state index contributed by atoms with van der Waals surface area (Å²) in [5, 5.41) is 15.5. The zero-order valence-electron chi connectivity index (χ0n) is 16.4. The molecule has 0 saturated heterocycles. The minimum atomic E-state index is -0.654. The largest absolute Gasteiger partial charge is 0.383 e. The predicted octanol–water partition coefficient (Wildman–Crippen LogP) is 2.42.